The Morgan fingerprint density at radius 3 is 2.48 bits per heavy atom. The molecule has 6 heteroatoms. The van der Waals surface area contributed by atoms with Gasteiger partial charge >= 0.3 is 5.97 Å². The molecule has 0 spiro atoms. The number of nitrogens with two attached hydrogens (primary N) is 1. The van der Waals surface area contributed by atoms with Crippen molar-refractivity contribution in [3.63, 3.8) is 0 Å². The highest BCUT2D eigenvalue weighted by Gasteiger charge is 2.10. The van der Waals surface area contributed by atoms with Gasteiger partial charge in [0.15, 0.2) is 0 Å². The van der Waals surface area contributed by atoms with Crippen molar-refractivity contribution in [1.82, 2.24) is 0 Å². The van der Waals surface area contributed by atoms with Gasteiger partial charge in [-0.3, -0.25) is 0 Å². The number of nitrogens with one attached hydrogen (secondary N) is 1. The lowest BCUT2D eigenvalue weighted by Crippen LogP contribution is -2.02. The Balaban J connectivity index is 2.37. The molecule has 110 valence electrons. The van der Waals surface area contributed by atoms with Crippen LogP contribution in [0.25, 0.3) is 0 Å². The van der Waals surface area contributed by atoms with Crippen LogP contribution in [-0.2, 0) is 0 Å². The highest BCUT2D eigenvalue weighted by Crippen LogP contribution is 2.33. The molecule has 0 unspecified atom stereocenters. The Bertz CT molecular complexity index is 671. The van der Waals surface area contributed by atoms with Crippen molar-refractivity contribution in [1.29, 1.82) is 0 Å². The molecule has 6 nitrogen and oxygen atoms in total. The zero-order valence-electron chi connectivity index (χ0n) is 11.7. The Morgan fingerprint density at radius 2 is 1.86 bits per heavy atom. The summed E-state index contributed by atoms with van der Waals surface area (Å²) in [5, 5.41) is 12.1. The van der Waals surface area contributed by atoms with E-state index in [-0.39, 0.29) is 5.56 Å². The third kappa shape index (κ3) is 3.17. The summed E-state index contributed by atoms with van der Waals surface area (Å²) in [6.45, 7) is 0. The van der Waals surface area contributed by atoms with Crippen LogP contribution >= 0.6 is 0 Å². The van der Waals surface area contributed by atoms with Crippen LogP contribution < -0.4 is 20.5 Å². The minimum Gasteiger partial charge on any atom is -0.497 e. The molecule has 0 bridgehead atoms. The number of rotatable bonds is 5. The molecule has 0 saturated carbocycles. The van der Waals surface area contributed by atoms with Gasteiger partial charge in [-0.2, -0.15) is 0 Å². The maximum atomic E-state index is 11.0. The average Bonchev–Trinajstić information content (AvgIpc) is 2.49. The molecule has 2 aromatic carbocycles. The van der Waals surface area contributed by atoms with Crippen LogP contribution in [0.3, 0.4) is 0 Å². The van der Waals surface area contributed by atoms with Crippen molar-refractivity contribution in [3.05, 3.63) is 42.0 Å². The predicted octanol–water partition coefficient (Wildman–Crippen LogP) is 2.73. The molecule has 0 radical (unpaired) electrons. The summed E-state index contributed by atoms with van der Waals surface area (Å²) in [7, 11) is 3.10. The molecular formula is C15H16N2O4. The molecule has 0 atom stereocenters. The van der Waals surface area contributed by atoms with Crippen molar-refractivity contribution in [2.45, 2.75) is 0 Å². The van der Waals surface area contributed by atoms with Crippen molar-refractivity contribution >= 4 is 23.0 Å². The van der Waals surface area contributed by atoms with Crippen molar-refractivity contribution in [3.8, 4) is 11.5 Å². The first-order chi connectivity index (χ1) is 10.0. The molecule has 0 aliphatic carbocycles. The average molecular weight is 288 g/mol. The van der Waals surface area contributed by atoms with Crippen LogP contribution in [0.5, 0.6) is 11.5 Å². The number of aromatic carboxylic acids is 1. The normalized spacial score (nSPS) is 10.0. The third-order valence-corrected chi connectivity index (χ3v) is 2.98. The summed E-state index contributed by atoms with van der Waals surface area (Å²) in [4.78, 5) is 11.0. The minimum absolute atomic E-state index is 0.152. The largest absolute Gasteiger partial charge is 0.497 e. The molecule has 0 amide bonds. The van der Waals surface area contributed by atoms with Crippen molar-refractivity contribution < 1.29 is 19.4 Å². The Hall–Kier alpha value is -2.89. The van der Waals surface area contributed by atoms with Gasteiger partial charge in [0.1, 0.15) is 11.5 Å². The first kappa shape index (κ1) is 14.5. The number of carboxylic acids is 1. The molecule has 2 aromatic rings. The number of carbonyl (C=O) groups is 1. The molecule has 0 fully saturated rings. The summed E-state index contributed by atoms with van der Waals surface area (Å²) < 4.78 is 10.4. The first-order valence-electron chi connectivity index (χ1n) is 6.17. The standard InChI is InChI=1S/C15H16N2O4/c1-20-10-4-6-12(14(8-10)21-2)17-13-7-9(15(18)19)3-5-11(13)16/h3-8,17H,16H2,1-2H3,(H,18,19). The fourth-order valence-electron chi connectivity index (χ4n) is 1.84. The Labute approximate surface area is 122 Å². The number of anilines is 3. The maximum Gasteiger partial charge on any atom is 0.335 e. The van der Waals surface area contributed by atoms with Crippen LogP contribution in [0.4, 0.5) is 17.1 Å². The van der Waals surface area contributed by atoms with E-state index in [2.05, 4.69) is 5.32 Å². The zero-order valence-corrected chi connectivity index (χ0v) is 11.7. The van der Waals surface area contributed by atoms with E-state index in [4.69, 9.17) is 20.3 Å². The van der Waals surface area contributed by atoms with E-state index < -0.39 is 5.97 Å². The fraction of sp³-hybridized carbons (Fsp3) is 0.133. The van der Waals surface area contributed by atoms with Crippen LogP contribution in [-0.4, -0.2) is 25.3 Å². The number of ether oxygens (including phenoxy) is 2. The summed E-state index contributed by atoms with van der Waals surface area (Å²) in [5.41, 5.74) is 7.62. The van der Waals surface area contributed by atoms with E-state index in [1.54, 1.807) is 31.4 Å². The molecule has 2 rings (SSSR count). The van der Waals surface area contributed by atoms with Gasteiger partial charge in [-0.25, -0.2) is 4.79 Å². The number of hydrogen-bond acceptors (Lipinski definition) is 5. The van der Waals surface area contributed by atoms with E-state index in [9.17, 15) is 4.79 Å². The highest BCUT2D eigenvalue weighted by atomic mass is 16.5. The van der Waals surface area contributed by atoms with Gasteiger partial charge in [0, 0.05) is 6.07 Å². The van der Waals surface area contributed by atoms with Crippen molar-refractivity contribution in [2.75, 3.05) is 25.3 Å². The van der Waals surface area contributed by atoms with Gasteiger partial charge in [-0.15, -0.1) is 0 Å². The molecule has 0 saturated heterocycles. The van der Waals surface area contributed by atoms with Crippen LogP contribution in [0, 0.1) is 0 Å². The smallest absolute Gasteiger partial charge is 0.335 e. The van der Waals surface area contributed by atoms with Gasteiger partial charge in [-0.1, -0.05) is 0 Å². The van der Waals surface area contributed by atoms with E-state index in [1.165, 1.54) is 19.2 Å². The molecule has 0 aromatic heterocycles. The van der Waals surface area contributed by atoms with Crippen LogP contribution in [0.15, 0.2) is 36.4 Å². The maximum absolute atomic E-state index is 11.0. The topological polar surface area (TPSA) is 93.8 Å². The second-order valence-corrected chi connectivity index (χ2v) is 4.30. The van der Waals surface area contributed by atoms with E-state index in [0.29, 0.717) is 28.6 Å². The zero-order chi connectivity index (χ0) is 15.4. The number of hydrogen-bond donors (Lipinski definition) is 3. The van der Waals surface area contributed by atoms with Gasteiger partial charge in [0.2, 0.25) is 0 Å². The van der Waals surface area contributed by atoms with Gasteiger partial charge in [-0.05, 0) is 30.3 Å². The lowest BCUT2D eigenvalue weighted by Gasteiger charge is -2.14. The van der Waals surface area contributed by atoms with Gasteiger partial charge in [0.25, 0.3) is 0 Å². The molecule has 0 aliphatic heterocycles. The summed E-state index contributed by atoms with van der Waals surface area (Å²) in [6, 6.07) is 9.73. The molecule has 21 heavy (non-hydrogen) atoms. The SMILES string of the molecule is COc1ccc(Nc2cc(C(=O)O)ccc2N)c(OC)c1. The summed E-state index contributed by atoms with van der Waals surface area (Å²) in [6.07, 6.45) is 0. The first-order valence-corrected chi connectivity index (χ1v) is 6.17. The van der Waals surface area contributed by atoms with E-state index in [1.807, 2.05) is 0 Å². The Kier molecular flexibility index (Phi) is 4.18. The highest BCUT2D eigenvalue weighted by molar-refractivity contribution is 5.91. The van der Waals surface area contributed by atoms with Gasteiger partial charge in [0.05, 0.1) is 36.8 Å². The predicted molar refractivity (Wildman–Crippen MR) is 80.6 cm³/mol. The fourth-order valence-corrected chi connectivity index (χ4v) is 1.84. The number of nitrogen functional groups attached to an aromatic ring is 1. The van der Waals surface area contributed by atoms with Crippen LogP contribution in [0.1, 0.15) is 10.4 Å². The number of benzene rings is 2. The molecule has 0 aliphatic rings. The second-order valence-electron chi connectivity index (χ2n) is 4.30. The quantitative estimate of drug-likeness (QED) is 0.732. The molecular weight excluding hydrogens is 272 g/mol. The van der Waals surface area contributed by atoms with Gasteiger partial charge < -0.3 is 25.6 Å². The lowest BCUT2D eigenvalue weighted by atomic mass is 10.1. The van der Waals surface area contributed by atoms with Crippen molar-refractivity contribution in [2.24, 2.45) is 0 Å². The number of methoxy groups -OCH3 is 2. The second kappa shape index (κ2) is 6.04. The third-order valence-electron chi connectivity index (χ3n) is 2.98. The summed E-state index contributed by atoms with van der Waals surface area (Å²) in [5.74, 6) is 0.207. The Morgan fingerprint density at radius 1 is 1.10 bits per heavy atom. The molecule has 4 N–H and O–H groups in total. The molecule has 0 heterocycles. The summed E-state index contributed by atoms with van der Waals surface area (Å²) >= 11 is 0. The number of carboxylic acid groups (broad SMARTS) is 1. The van der Waals surface area contributed by atoms with Crippen LogP contribution in [0.2, 0.25) is 0 Å². The van der Waals surface area contributed by atoms with E-state index in [0.717, 1.165) is 0 Å². The van der Waals surface area contributed by atoms with E-state index >= 15 is 0 Å². The lowest BCUT2D eigenvalue weighted by molar-refractivity contribution is 0.0697. The monoisotopic (exact) mass is 288 g/mol. The minimum atomic E-state index is -1.01.